The number of fused-ring (bicyclic) bond motifs is 1. The fourth-order valence-corrected chi connectivity index (χ4v) is 3.80. The fraction of sp³-hybridized carbons (Fsp3) is 0.722. The molecule has 0 N–H and O–H groups in total. The average Bonchev–Trinajstić information content (AvgIpc) is 3.14. The first kappa shape index (κ1) is 17.8. The minimum Gasteiger partial charge on any atom is -0.444 e. The minimum atomic E-state index is -0.524. The Morgan fingerprint density at radius 2 is 1.88 bits per heavy atom. The predicted molar refractivity (Wildman–Crippen MR) is 91.1 cm³/mol. The van der Waals surface area contributed by atoms with Crippen LogP contribution in [0.3, 0.4) is 0 Å². The van der Waals surface area contributed by atoms with E-state index in [9.17, 15) is 9.59 Å². The van der Waals surface area contributed by atoms with Crippen molar-refractivity contribution in [3.8, 4) is 0 Å². The van der Waals surface area contributed by atoms with Crippen molar-refractivity contribution in [1.82, 2.24) is 15.0 Å². The Balaban J connectivity index is 1.79. The van der Waals surface area contributed by atoms with Crippen molar-refractivity contribution in [2.75, 3.05) is 13.1 Å². The van der Waals surface area contributed by atoms with E-state index in [0.29, 0.717) is 18.8 Å². The Morgan fingerprint density at radius 3 is 2.56 bits per heavy atom. The molecular formula is C18H27N3O4. The van der Waals surface area contributed by atoms with E-state index in [1.807, 2.05) is 30.6 Å². The van der Waals surface area contributed by atoms with Gasteiger partial charge in [0.1, 0.15) is 11.9 Å². The minimum absolute atomic E-state index is 0.00556. The number of carbonyl (C=O) groups excluding carboxylic acids is 2. The summed E-state index contributed by atoms with van der Waals surface area (Å²) >= 11 is 0. The molecule has 138 valence electrons. The third-order valence-corrected chi connectivity index (χ3v) is 4.86. The molecule has 0 radical (unpaired) electrons. The first-order chi connectivity index (χ1) is 11.9. The summed E-state index contributed by atoms with van der Waals surface area (Å²) in [6, 6.07) is 1.60. The number of aromatic nitrogens is 1. The van der Waals surface area contributed by atoms with Crippen molar-refractivity contribution in [1.29, 1.82) is 0 Å². The van der Waals surface area contributed by atoms with E-state index < -0.39 is 5.60 Å². The molecule has 0 saturated carbocycles. The van der Waals surface area contributed by atoms with E-state index in [1.165, 1.54) is 6.26 Å². The smallest absolute Gasteiger partial charge is 0.410 e. The molecule has 2 saturated heterocycles. The Kier molecular flexibility index (Phi) is 5.01. The topological polar surface area (TPSA) is 75.9 Å². The van der Waals surface area contributed by atoms with E-state index >= 15 is 0 Å². The van der Waals surface area contributed by atoms with Crippen LogP contribution in [0.5, 0.6) is 0 Å². The summed E-state index contributed by atoms with van der Waals surface area (Å²) in [5.41, 5.74) is -0.199. The second kappa shape index (κ2) is 7.06. The van der Waals surface area contributed by atoms with Crippen molar-refractivity contribution in [2.45, 2.75) is 70.6 Å². The van der Waals surface area contributed by atoms with E-state index in [1.54, 1.807) is 6.07 Å². The lowest BCUT2D eigenvalue weighted by molar-refractivity contribution is 0.00893. The maximum Gasteiger partial charge on any atom is 0.410 e. The van der Waals surface area contributed by atoms with E-state index in [0.717, 1.165) is 32.1 Å². The molecule has 25 heavy (non-hydrogen) atoms. The van der Waals surface area contributed by atoms with Crippen molar-refractivity contribution in [3.05, 3.63) is 18.0 Å². The van der Waals surface area contributed by atoms with Gasteiger partial charge < -0.3 is 19.1 Å². The lowest BCUT2D eigenvalue weighted by Crippen LogP contribution is -2.51. The van der Waals surface area contributed by atoms with Gasteiger partial charge in [-0.15, -0.1) is 0 Å². The zero-order valence-corrected chi connectivity index (χ0v) is 15.2. The van der Waals surface area contributed by atoms with Crippen LogP contribution < -0.4 is 0 Å². The molecule has 2 fully saturated rings. The Labute approximate surface area is 148 Å². The number of ether oxygens (including phenoxy) is 1. The van der Waals surface area contributed by atoms with Crippen LogP contribution in [0.1, 0.15) is 63.4 Å². The van der Waals surface area contributed by atoms with E-state index in [4.69, 9.17) is 9.26 Å². The van der Waals surface area contributed by atoms with Crippen LogP contribution in [0.2, 0.25) is 0 Å². The van der Waals surface area contributed by atoms with Gasteiger partial charge in [0.25, 0.3) is 5.91 Å². The molecule has 0 spiro atoms. The second-order valence-electron chi connectivity index (χ2n) is 7.83. The predicted octanol–water partition coefficient (Wildman–Crippen LogP) is 3.07. The van der Waals surface area contributed by atoms with Crippen LogP contribution in [0.4, 0.5) is 4.79 Å². The van der Waals surface area contributed by atoms with Gasteiger partial charge in [-0.25, -0.2) is 4.79 Å². The molecule has 1 aromatic rings. The highest BCUT2D eigenvalue weighted by Crippen LogP contribution is 2.31. The quantitative estimate of drug-likeness (QED) is 0.779. The van der Waals surface area contributed by atoms with Gasteiger partial charge in [-0.05, 0) is 40.0 Å². The Hall–Kier alpha value is -2.05. The summed E-state index contributed by atoms with van der Waals surface area (Å²) in [5, 5.41) is 3.77. The summed E-state index contributed by atoms with van der Waals surface area (Å²) in [5.74, 6) is -0.119. The third kappa shape index (κ3) is 3.96. The van der Waals surface area contributed by atoms with Crippen molar-refractivity contribution in [2.24, 2.45) is 0 Å². The zero-order valence-electron chi connectivity index (χ0n) is 15.2. The van der Waals surface area contributed by atoms with Crippen molar-refractivity contribution in [3.63, 3.8) is 0 Å². The van der Waals surface area contributed by atoms with Gasteiger partial charge in [-0.3, -0.25) is 4.79 Å². The number of rotatable bonds is 1. The van der Waals surface area contributed by atoms with Gasteiger partial charge >= 0.3 is 6.09 Å². The van der Waals surface area contributed by atoms with E-state index in [-0.39, 0.29) is 24.1 Å². The molecule has 3 rings (SSSR count). The normalized spacial score (nSPS) is 24.4. The molecule has 2 atom stereocenters. The monoisotopic (exact) mass is 349 g/mol. The van der Waals surface area contributed by atoms with Gasteiger partial charge in [0, 0.05) is 19.2 Å². The Morgan fingerprint density at radius 1 is 1.12 bits per heavy atom. The molecule has 0 bridgehead atoms. The third-order valence-electron chi connectivity index (χ3n) is 4.86. The van der Waals surface area contributed by atoms with Crippen LogP contribution in [-0.2, 0) is 4.74 Å². The molecule has 7 heteroatoms. The number of hydrogen-bond acceptors (Lipinski definition) is 5. The zero-order chi connectivity index (χ0) is 18.0. The average molecular weight is 349 g/mol. The molecule has 2 aliphatic rings. The lowest BCUT2D eigenvalue weighted by atomic mass is 9.97. The second-order valence-corrected chi connectivity index (χ2v) is 7.83. The lowest BCUT2D eigenvalue weighted by Gasteiger charge is -2.37. The number of carbonyl (C=O) groups is 2. The van der Waals surface area contributed by atoms with Gasteiger partial charge in [-0.1, -0.05) is 18.0 Å². The maximum absolute atomic E-state index is 12.7. The molecule has 7 nitrogen and oxygen atoms in total. The van der Waals surface area contributed by atoms with E-state index in [2.05, 4.69) is 5.16 Å². The molecule has 2 aliphatic heterocycles. The van der Waals surface area contributed by atoms with Crippen molar-refractivity contribution < 1.29 is 18.8 Å². The first-order valence-electron chi connectivity index (χ1n) is 9.08. The summed E-state index contributed by atoms with van der Waals surface area (Å²) < 4.78 is 10.4. The van der Waals surface area contributed by atoms with Crippen LogP contribution in [0, 0.1) is 0 Å². The fourth-order valence-electron chi connectivity index (χ4n) is 3.80. The van der Waals surface area contributed by atoms with Gasteiger partial charge in [-0.2, -0.15) is 0 Å². The van der Waals surface area contributed by atoms with Crippen LogP contribution >= 0.6 is 0 Å². The standard InChI is InChI=1S/C18H27N3O4/c1-18(2,3)25-17(23)21-10-6-4-5-7-14-15(21)8-11-20(14)16(22)13-9-12-24-19-13/h9,12,14-15H,4-8,10-11H2,1-3H3/t14-,15-/m1/s1. The first-order valence-corrected chi connectivity index (χ1v) is 9.08. The summed E-state index contributed by atoms with van der Waals surface area (Å²) in [6.45, 7) is 6.94. The summed E-state index contributed by atoms with van der Waals surface area (Å²) in [4.78, 5) is 29.1. The molecule has 2 amide bonds. The Bertz CT molecular complexity index is 608. The van der Waals surface area contributed by atoms with Gasteiger partial charge in [0.05, 0.1) is 12.1 Å². The molecule has 0 aromatic carbocycles. The maximum atomic E-state index is 12.7. The molecule has 3 heterocycles. The van der Waals surface area contributed by atoms with Crippen LogP contribution in [0.25, 0.3) is 0 Å². The highest BCUT2D eigenvalue weighted by Gasteiger charge is 2.43. The van der Waals surface area contributed by atoms with Crippen LogP contribution in [-0.4, -0.2) is 57.7 Å². The summed E-state index contributed by atoms with van der Waals surface area (Å²) in [7, 11) is 0. The van der Waals surface area contributed by atoms with Crippen LogP contribution in [0.15, 0.2) is 16.9 Å². The molecule has 0 aliphatic carbocycles. The van der Waals surface area contributed by atoms with Crippen molar-refractivity contribution >= 4 is 12.0 Å². The highest BCUT2D eigenvalue weighted by molar-refractivity contribution is 5.92. The van der Waals surface area contributed by atoms with Gasteiger partial charge in [0.15, 0.2) is 5.69 Å². The SMILES string of the molecule is CC(C)(C)OC(=O)N1CCCCC[C@@H]2[C@H]1CCN2C(=O)c1ccon1. The number of amides is 2. The number of hydrogen-bond donors (Lipinski definition) is 0. The largest absolute Gasteiger partial charge is 0.444 e. The van der Waals surface area contributed by atoms with Gasteiger partial charge in [0.2, 0.25) is 0 Å². The molecular weight excluding hydrogens is 322 g/mol. The highest BCUT2D eigenvalue weighted by atomic mass is 16.6. The number of nitrogens with zero attached hydrogens (tertiary/aromatic N) is 3. The molecule has 1 aromatic heterocycles. The number of likely N-dealkylation sites (tertiary alicyclic amines) is 2. The summed E-state index contributed by atoms with van der Waals surface area (Å²) in [6.07, 6.45) is 5.88. The molecule has 0 unspecified atom stereocenters.